The molecule has 0 aliphatic rings. The number of carbonyl (C=O) groups is 1. The lowest BCUT2D eigenvalue weighted by molar-refractivity contribution is -0.136. The number of benzene rings is 2. The predicted octanol–water partition coefficient (Wildman–Crippen LogP) is 2.60. The van der Waals surface area contributed by atoms with Crippen molar-refractivity contribution >= 4 is 21.8 Å². The average molecular weight is 391 g/mol. The number of esters is 1. The zero-order chi connectivity index (χ0) is 19.9. The molecule has 27 heavy (non-hydrogen) atoms. The first-order valence-electron chi connectivity index (χ1n) is 8.15. The van der Waals surface area contributed by atoms with Crippen molar-refractivity contribution < 1.29 is 27.0 Å². The largest absolute Gasteiger partial charge is 0.458 e. The summed E-state index contributed by atoms with van der Waals surface area (Å²) in [6.45, 7) is 3.93. The lowest BCUT2D eigenvalue weighted by atomic mass is 10.1. The van der Waals surface area contributed by atoms with Gasteiger partial charge in [0.1, 0.15) is 11.5 Å². The van der Waals surface area contributed by atoms with Gasteiger partial charge >= 0.3 is 16.1 Å². The molecule has 0 heterocycles. The van der Waals surface area contributed by atoms with E-state index in [9.17, 15) is 13.2 Å². The minimum absolute atomic E-state index is 0.00489. The number of aryl methyl sites for hydroxylation is 2. The van der Waals surface area contributed by atoms with Gasteiger partial charge in [-0.1, -0.05) is 52.7 Å². The summed E-state index contributed by atoms with van der Waals surface area (Å²) in [6.07, 6.45) is 0. The fourth-order valence-electron chi connectivity index (χ4n) is 2.04. The SMILES string of the molecule is COCCOC(=O)/C(=N\OS(=O)(=O)c1ccc(C)cc1)c1ccc(C)cc1. The molecule has 0 N–H and O–H groups in total. The molecule has 0 atom stereocenters. The number of hydrogen-bond donors (Lipinski definition) is 0. The van der Waals surface area contributed by atoms with E-state index in [1.165, 1.54) is 19.2 Å². The zero-order valence-corrected chi connectivity index (χ0v) is 16.2. The highest BCUT2D eigenvalue weighted by atomic mass is 32.2. The second-order valence-electron chi connectivity index (χ2n) is 5.78. The van der Waals surface area contributed by atoms with E-state index in [1.54, 1.807) is 36.4 Å². The highest BCUT2D eigenvalue weighted by Crippen LogP contribution is 2.15. The normalized spacial score (nSPS) is 11.9. The highest BCUT2D eigenvalue weighted by molar-refractivity contribution is 7.86. The van der Waals surface area contributed by atoms with Crippen molar-refractivity contribution in [3.63, 3.8) is 0 Å². The van der Waals surface area contributed by atoms with Crippen LogP contribution in [0.15, 0.2) is 58.6 Å². The standard InChI is InChI=1S/C19H21NO6S/c1-14-4-8-16(9-5-14)18(19(21)25-13-12-24-3)20-26-27(22,23)17-10-6-15(2)7-11-17/h4-11H,12-13H2,1-3H3/b20-18-. The molecule has 0 bridgehead atoms. The summed E-state index contributed by atoms with van der Waals surface area (Å²) in [4.78, 5) is 12.3. The minimum atomic E-state index is -4.17. The first kappa shape index (κ1) is 20.6. The van der Waals surface area contributed by atoms with Crippen LogP contribution >= 0.6 is 0 Å². The van der Waals surface area contributed by atoms with Gasteiger partial charge in [0.05, 0.1) is 6.61 Å². The lowest BCUT2D eigenvalue weighted by Gasteiger charge is -2.08. The van der Waals surface area contributed by atoms with Crippen molar-refractivity contribution in [1.82, 2.24) is 0 Å². The van der Waals surface area contributed by atoms with Crippen molar-refractivity contribution in [3.05, 3.63) is 65.2 Å². The number of hydrogen-bond acceptors (Lipinski definition) is 7. The average Bonchev–Trinajstić information content (AvgIpc) is 2.64. The molecule has 0 aliphatic heterocycles. The van der Waals surface area contributed by atoms with E-state index in [-0.39, 0.29) is 23.8 Å². The molecule has 7 nitrogen and oxygen atoms in total. The van der Waals surface area contributed by atoms with Crippen LogP contribution in [0, 0.1) is 13.8 Å². The molecule has 0 amide bonds. The van der Waals surface area contributed by atoms with E-state index >= 15 is 0 Å². The van der Waals surface area contributed by atoms with Crippen LogP contribution in [0.25, 0.3) is 0 Å². The molecule has 0 saturated heterocycles. The molecule has 0 fully saturated rings. The van der Waals surface area contributed by atoms with Gasteiger partial charge in [0.15, 0.2) is 5.71 Å². The first-order valence-corrected chi connectivity index (χ1v) is 9.56. The van der Waals surface area contributed by atoms with Crippen LogP contribution in [0.1, 0.15) is 16.7 Å². The Bertz CT molecular complexity index is 902. The highest BCUT2D eigenvalue weighted by Gasteiger charge is 2.21. The molecule has 0 aromatic heterocycles. The van der Waals surface area contributed by atoms with Crippen LogP contribution < -0.4 is 0 Å². The molecule has 0 aliphatic carbocycles. The van der Waals surface area contributed by atoms with E-state index < -0.39 is 16.1 Å². The number of ether oxygens (including phenoxy) is 2. The summed E-state index contributed by atoms with van der Waals surface area (Å²) < 4.78 is 39.3. The fraction of sp³-hybridized carbons (Fsp3) is 0.263. The van der Waals surface area contributed by atoms with Gasteiger partial charge in [-0.2, -0.15) is 8.42 Å². The summed E-state index contributed by atoms with van der Waals surface area (Å²) in [5.74, 6) is -0.810. The van der Waals surface area contributed by atoms with Gasteiger partial charge in [-0.25, -0.2) is 4.79 Å². The third-order valence-corrected chi connectivity index (χ3v) is 4.70. The third kappa shape index (κ3) is 5.90. The van der Waals surface area contributed by atoms with Gasteiger partial charge in [-0.3, -0.25) is 4.28 Å². The monoisotopic (exact) mass is 391 g/mol. The Balaban J connectivity index is 2.29. The van der Waals surface area contributed by atoms with Crippen LogP contribution in [0.5, 0.6) is 0 Å². The fourth-order valence-corrected chi connectivity index (χ4v) is 2.77. The summed E-state index contributed by atoms with van der Waals surface area (Å²) in [6, 6.07) is 12.9. The molecule has 0 radical (unpaired) electrons. The number of methoxy groups -OCH3 is 1. The zero-order valence-electron chi connectivity index (χ0n) is 15.3. The Labute approximate surface area is 158 Å². The van der Waals surface area contributed by atoms with E-state index in [4.69, 9.17) is 13.8 Å². The maximum Gasteiger partial charge on any atom is 0.361 e. The molecule has 2 aromatic rings. The van der Waals surface area contributed by atoms with E-state index in [1.807, 2.05) is 13.8 Å². The summed E-state index contributed by atoms with van der Waals surface area (Å²) in [5, 5.41) is 3.59. The topological polar surface area (TPSA) is 91.3 Å². The molecular formula is C19H21NO6S. The van der Waals surface area contributed by atoms with Crippen molar-refractivity contribution in [2.24, 2.45) is 5.16 Å². The van der Waals surface area contributed by atoms with Crippen molar-refractivity contribution in [1.29, 1.82) is 0 Å². The Morgan fingerprint density at radius 1 is 0.926 bits per heavy atom. The van der Waals surface area contributed by atoms with E-state index in [0.29, 0.717) is 5.56 Å². The maximum atomic E-state index is 12.3. The van der Waals surface area contributed by atoms with Crippen LogP contribution in [-0.2, 0) is 28.7 Å². The van der Waals surface area contributed by atoms with Crippen molar-refractivity contribution in [3.8, 4) is 0 Å². The van der Waals surface area contributed by atoms with Gasteiger partial charge in [-0.15, -0.1) is 0 Å². The first-order chi connectivity index (χ1) is 12.8. The van der Waals surface area contributed by atoms with Gasteiger partial charge in [0.2, 0.25) is 0 Å². The smallest absolute Gasteiger partial charge is 0.361 e. The number of nitrogens with zero attached hydrogens (tertiary/aromatic N) is 1. The molecule has 0 saturated carbocycles. The molecule has 0 spiro atoms. The summed E-state index contributed by atoms with van der Waals surface area (Å²) >= 11 is 0. The molecule has 2 rings (SSSR count). The molecule has 8 heteroatoms. The Morgan fingerprint density at radius 2 is 1.48 bits per heavy atom. The number of rotatable bonds is 8. The third-order valence-electron chi connectivity index (χ3n) is 3.58. The van der Waals surface area contributed by atoms with Crippen LogP contribution in [0.4, 0.5) is 0 Å². The van der Waals surface area contributed by atoms with E-state index in [0.717, 1.165) is 11.1 Å². The van der Waals surface area contributed by atoms with Crippen LogP contribution in [0.3, 0.4) is 0 Å². The quantitative estimate of drug-likeness (QED) is 0.297. The Hall–Kier alpha value is -2.71. The van der Waals surface area contributed by atoms with Gasteiger partial charge in [-0.05, 0) is 26.0 Å². The molecular weight excluding hydrogens is 370 g/mol. The van der Waals surface area contributed by atoms with Crippen molar-refractivity contribution in [2.75, 3.05) is 20.3 Å². The Kier molecular flexibility index (Phi) is 7.09. The summed E-state index contributed by atoms with van der Waals surface area (Å²) in [5.41, 5.74) is 2.00. The van der Waals surface area contributed by atoms with Gasteiger partial charge in [0, 0.05) is 12.7 Å². The lowest BCUT2D eigenvalue weighted by Crippen LogP contribution is -2.22. The second-order valence-corrected chi connectivity index (χ2v) is 7.31. The number of carbonyl (C=O) groups excluding carboxylic acids is 1. The van der Waals surface area contributed by atoms with Crippen molar-refractivity contribution in [2.45, 2.75) is 18.7 Å². The maximum absolute atomic E-state index is 12.3. The molecule has 0 unspecified atom stereocenters. The number of oxime groups is 1. The minimum Gasteiger partial charge on any atom is -0.458 e. The predicted molar refractivity (Wildman–Crippen MR) is 100 cm³/mol. The van der Waals surface area contributed by atoms with Gasteiger partial charge in [0.25, 0.3) is 0 Å². The summed E-state index contributed by atoms with van der Waals surface area (Å²) in [7, 11) is -2.69. The van der Waals surface area contributed by atoms with Gasteiger partial charge < -0.3 is 9.47 Å². The molecule has 2 aromatic carbocycles. The Morgan fingerprint density at radius 3 is 2.04 bits per heavy atom. The second kappa shape index (κ2) is 9.29. The van der Waals surface area contributed by atoms with E-state index in [2.05, 4.69) is 5.16 Å². The van der Waals surface area contributed by atoms with Crippen LogP contribution in [-0.4, -0.2) is 40.4 Å². The molecule has 144 valence electrons. The van der Waals surface area contributed by atoms with Crippen LogP contribution in [0.2, 0.25) is 0 Å².